The van der Waals surface area contributed by atoms with Crippen LogP contribution < -0.4 is 10.2 Å². The molecule has 0 unspecified atom stereocenters. The fourth-order valence-electron chi connectivity index (χ4n) is 2.06. The first-order valence-corrected chi connectivity index (χ1v) is 5.92. The van der Waals surface area contributed by atoms with Gasteiger partial charge in [-0.05, 0) is 37.1 Å². The molecule has 1 aliphatic rings. The summed E-state index contributed by atoms with van der Waals surface area (Å²) in [7, 11) is 0. The summed E-state index contributed by atoms with van der Waals surface area (Å²) in [4.78, 5) is 21.5. The maximum Gasteiger partial charge on any atom is 0.259 e. The van der Waals surface area contributed by atoms with E-state index in [-0.39, 0.29) is 22.9 Å². The number of aryl methyl sites for hydroxylation is 1. The average molecular weight is 275 g/mol. The van der Waals surface area contributed by atoms with Gasteiger partial charge in [0.2, 0.25) is 0 Å². The van der Waals surface area contributed by atoms with Gasteiger partial charge in [-0.1, -0.05) is 6.85 Å². The molecule has 102 valence electrons. The molecule has 0 spiro atoms. The number of aromatic nitrogens is 2. The number of fused-ring (bicyclic) bond motifs is 2. The van der Waals surface area contributed by atoms with Crippen LogP contribution in [0, 0.1) is 6.92 Å². The Bertz CT molecular complexity index is 913. The molecular weight excluding hydrogens is 252 g/mol. The van der Waals surface area contributed by atoms with Crippen molar-refractivity contribution >= 4 is 23.2 Å². The molecule has 1 N–H and O–H groups in total. The summed E-state index contributed by atoms with van der Waals surface area (Å²) in [6.45, 7) is -4.72. The van der Waals surface area contributed by atoms with Crippen LogP contribution in [-0.2, 0) is 0 Å². The second-order valence-electron chi connectivity index (χ2n) is 4.23. The van der Waals surface area contributed by atoms with Crippen LogP contribution in [0.15, 0.2) is 30.6 Å². The number of hydrogen-bond donors (Lipinski definition) is 1. The van der Waals surface area contributed by atoms with Crippen molar-refractivity contribution in [3.8, 4) is 0 Å². The Morgan fingerprint density at radius 1 is 1.35 bits per heavy atom. The molecule has 3 rings (SSSR count). The number of nitrogens with zero attached hydrogens (tertiary/aromatic N) is 3. The van der Waals surface area contributed by atoms with Gasteiger partial charge in [-0.15, -0.1) is 0 Å². The van der Waals surface area contributed by atoms with E-state index in [4.69, 9.17) is 9.60 Å². The van der Waals surface area contributed by atoms with Gasteiger partial charge in [-0.2, -0.15) is 0 Å². The van der Waals surface area contributed by atoms with E-state index < -0.39 is 25.6 Å². The van der Waals surface area contributed by atoms with E-state index in [2.05, 4.69) is 15.3 Å². The predicted molar refractivity (Wildman–Crippen MR) is 78.5 cm³/mol. The monoisotopic (exact) mass is 275 g/mol. The Morgan fingerprint density at radius 2 is 2.20 bits per heavy atom. The summed E-state index contributed by atoms with van der Waals surface area (Å²) < 4.78 is 55.3. The molecule has 3 heterocycles. The molecule has 0 bridgehead atoms. The van der Waals surface area contributed by atoms with E-state index in [9.17, 15) is 4.79 Å². The Balaban J connectivity index is 2.37. The molecule has 0 atom stereocenters. The lowest BCUT2D eigenvalue weighted by Crippen LogP contribution is -2.21. The van der Waals surface area contributed by atoms with Crippen LogP contribution in [0.5, 0.6) is 0 Å². The lowest BCUT2D eigenvalue weighted by molar-refractivity contribution is 0.102. The van der Waals surface area contributed by atoms with Gasteiger partial charge in [0.05, 0.1) is 11.3 Å². The number of anilines is 3. The van der Waals surface area contributed by atoms with Crippen LogP contribution >= 0.6 is 0 Å². The summed E-state index contributed by atoms with van der Waals surface area (Å²) in [5.41, 5.74) is 0.683. The molecule has 2 aromatic heterocycles. The SMILES string of the molecule is [2H]C([2H])([2H])C([2H])([2H])C([2H])([2H])N1c2ncccc2C(=O)Nc2c(C)ccnc21. The van der Waals surface area contributed by atoms with E-state index >= 15 is 0 Å². The van der Waals surface area contributed by atoms with Crippen molar-refractivity contribution in [2.45, 2.75) is 20.1 Å². The van der Waals surface area contributed by atoms with Crippen molar-refractivity contribution in [3.05, 3.63) is 41.7 Å². The minimum atomic E-state index is -3.30. The summed E-state index contributed by atoms with van der Waals surface area (Å²) in [5, 5.41) is 2.63. The number of pyridine rings is 2. The van der Waals surface area contributed by atoms with E-state index in [0.29, 0.717) is 5.56 Å². The molecule has 0 radical (unpaired) electrons. The minimum Gasteiger partial charge on any atom is -0.318 e. The van der Waals surface area contributed by atoms with Crippen molar-refractivity contribution in [3.63, 3.8) is 0 Å². The third-order valence-electron chi connectivity index (χ3n) is 3.00. The first-order valence-electron chi connectivity index (χ1n) is 9.42. The molecule has 0 saturated heterocycles. The summed E-state index contributed by atoms with van der Waals surface area (Å²) in [5.74, 6) is -0.924. The van der Waals surface area contributed by atoms with Crippen molar-refractivity contribution in [1.82, 2.24) is 9.97 Å². The second kappa shape index (κ2) is 4.92. The topological polar surface area (TPSA) is 58.1 Å². The highest BCUT2D eigenvalue weighted by molar-refractivity contribution is 6.11. The van der Waals surface area contributed by atoms with Crippen LogP contribution in [0.3, 0.4) is 0 Å². The number of rotatable bonds is 2. The van der Waals surface area contributed by atoms with Crippen LogP contribution in [-0.4, -0.2) is 22.4 Å². The van der Waals surface area contributed by atoms with E-state index in [1.807, 2.05) is 0 Å². The number of carbonyl (C=O) groups is 1. The van der Waals surface area contributed by atoms with Gasteiger partial charge >= 0.3 is 0 Å². The first-order chi connectivity index (χ1) is 12.4. The zero-order valence-electron chi connectivity index (χ0n) is 17.6. The zero-order valence-corrected chi connectivity index (χ0v) is 10.6. The lowest BCUT2D eigenvalue weighted by Gasteiger charge is -2.23. The maximum absolute atomic E-state index is 12.6. The Morgan fingerprint density at radius 3 is 3.05 bits per heavy atom. The van der Waals surface area contributed by atoms with Gasteiger partial charge in [0.15, 0.2) is 5.82 Å². The largest absolute Gasteiger partial charge is 0.318 e. The van der Waals surface area contributed by atoms with Gasteiger partial charge in [-0.25, -0.2) is 9.97 Å². The highest BCUT2D eigenvalue weighted by Gasteiger charge is 2.27. The molecule has 1 aliphatic heterocycles. The summed E-state index contributed by atoms with van der Waals surface area (Å²) in [6.07, 6.45) is -0.631. The van der Waals surface area contributed by atoms with Gasteiger partial charge in [-0.3, -0.25) is 4.79 Å². The van der Waals surface area contributed by atoms with Gasteiger partial charge in [0, 0.05) is 28.5 Å². The fourth-order valence-corrected chi connectivity index (χ4v) is 2.06. The third kappa shape index (κ3) is 1.91. The standard InChI is InChI=1S/C15H16N4O/c1-3-9-19-13-11(5-4-7-16-13)15(20)18-12-10(2)6-8-17-14(12)19/h4-8H,3,9H2,1-2H3,(H,18,20)/i1D3,3D2,9D2. The molecule has 1 amide bonds. The molecule has 20 heavy (non-hydrogen) atoms. The number of amides is 1. The van der Waals surface area contributed by atoms with Gasteiger partial charge in [0.25, 0.3) is 5.91 Å². The highest BCUT2D eigenvalue weighted by atomic mass is 16.1. The molecule has 0 saturated carbocycles. The Hall–Kier alpha value is -2.43. The normalized spacial score (nSPS) is 20.6. The van der Waals surface area contributed by atoms with Crippen molar-refractivity contribution < 1.29 is 14.4 Å². The molecule has 0 aromatic carbocycles. The van der Waals surface area contributed by atoms with E-state index in [1.165, 1.54) is 24.5 Å². The quantitative estimate of drug-likeness (QED) is 0.915. The molecular formula is C15H16N4O. The van der Waals surface area contributed by atoms with E-state index in [0.717, 1.165) is 4.90 Å². The molecule has 5 nitrogen and oxygen atoms in total. The van der Waals surface area contributed by atoms with Crippen LogP contribution in [0.1, 0.15) is 38.7 Å². The van der Waals surface area contributed by atoms with Crippen molar-refractivity contribution in [2.24, 2.45) is 0 Å². The highest BCUT2D eigenvalue weighted by Crippen LogP contribution is 2.36. The smallest absolute Gasteiger partial charge is 0.259 e. The Labute approximate surface area is 127 Å². The zero-order chi connectivity index (χ0) is 20.2. The average Bonchev–Trinajstić information content (AvgIpc) is 2.69. The predicted octanol–water partition coefficient (Wildman–Crippen LogP) is 2.90. The van der Waals surface area contributed by atoms with Crippen LogP contribution in [0.2, 0.25) is 0 Å². The molecule has 5 heteroatoms. The maximum atomic E-state index is 12.6. The van der Waals surface area contributed by atoms with Crippen LogP contribution in [0.4, 0.5) is 17.3 Å². The van der Waals surface area contributed by atoms with Crippen molar-refractivity contribution in [1.29, 1.82) is 0 Å². The molecule has 0 aliphatic carbocycles. The molecule has 0 fully saturated rings. The van der Waals surface area contributed by atoms with Crippen LogP contribution in [0.25, 0.3) is 0 Å². The second-order valence-corrected chi connectivity index (χ2v) is 4.23. The van der Waals surface area contributed by atoms with E-state index in [1.54, 1.807) is 13.0 Å². The lowest BCUT2D eigenvalue weighted by atomic mass is 10.2. The third-order valence-corrected chi connectivity index (χ3v) is 3.00. The summed E-state index contributed by atoms with van der Waals surface area (Å²) >= 11 is 0. The van der Waals surface area contributed by atoms with Gasteiger partial charge < -0.3 is 10.2 Å². The fraction of sp³-hybridized carbons (Fsp3) is 0.267. The number of carbonyl (C=O) groups excluding carboxylic acids is 1. The number of hydrogen-bond acceptors (Lipinski definition) is 4. The molecule has 2 aromatic rings. The van der Waals surface area contributed by atoms with Gasteiger partial charge in [0.1, 0.15) is 5.82 Å². The number of nitrogens with one attached hydrogen (secondary N) is 1. The Kier molecular flexibility index (Phi) is 1.68. The van der Waals surface area contributed by atoms with Crippen molar-refractivity contribution in [2.75, 3.05) is 16.7 Å². The minimum absolute atomic E-state index is 0.0277. The summed E-state index contributed by atoms with van der Waals surface area (Å²) in [6, 6.07) is 4.46. The first kappa shape index (κ1) is 6.83.